The Bertz CT molecular complexity index is 793. The largest absolute Gasteiger partial charge is 0.444 e. The van der Waals surface area contributed by atoms with Crippen molar-refractivity contribution in [3.8, 4) is 11.5 Å². The number of anilines is 1. The van der Waals surface area contributed by atoms with Crippen LogP contribution in [0, 0.1) is 0 Å². The molecule has 0 unspecified atom stereocenters. The highest BCUT2D eigenvalue weighted by Crippen LogP contribution is 2.29. The normalized spacial score (nSPS) is 10.9. The molecule has 2 heterocycles. The van der Waals surface area contributed by atoms with Crippen molar-refractivity contribution in [1.29, 1.82) is 0 Å². The van der Waals surface area contributed by atoms with E-state index in [0.717, 1.165) is 20.7 Å². The summed E-state index contributed by atoms with van der Waals surface area (Å²) in [6, 6.07) is 7.43. The SMILES string of the molecule is COCCNc1nnc(SCc2coc(-c3cccc(Cl)c3)n2)s1. The Hall–Kier alpha value is -1.61. The summed E-state index contributed by atoms with van der Waals surface area (Å²) in [4.78, 5) is 4.48. The van der Waals surface area contributed by atoms with Gasteiger partial charge in [0.2, 0.25) is 11.0 Å². The van der Waals surface area contributed by atoms with Crippen molar-refractivity contribution in [2.24, 2.45) is 0 Å². The van der Waals surface area contributed by atoms with E-state index in [1.165, 1.54) is 11.3 Å². The van der Waals surface area contributed by atoms with Gasteiger partial charge in [0.1, 0.15) is 6.26 Å². The van der Waals surface area contributed by atoms with Crippen molar-refractivity contribution < 1.29 is 9.15 Å². The van der Waals surface area contributed by atoms with E-state index in [1.807, 2.05) is 24.3 Å². The standard InChI is InChI=1S/C15H15ClN4O2S2/c1-21-6-5-17-14-19-20-15(24-14)23-9-12-8-22-13(18-12)10-3-2-4-11(16)7-10/h2-4,7-8H,5-6,9H2,1H3,(H,17,19). The van der Waals surface area contributed by atoms with Gasteiger partial charge in [0.25, 0.3) is 0 Å². The number of aromatic nitrogens is 3. The number of nitrogens with one attached hydrogen (secondary N) is 1. The van der Waals surface area contributed by atoms with Crippen molar-refractivity contribution in [3.63, 3.8) is 0 Å². The van der Waals surface area contributed by atoms with E-state index in [-0.39, 0.29) is 0 Å². The molecule has 1 aromatic carbocycles. The van der Waals surface area contributed by atoms with Gasteiger partial charge in [0, 0.05) is 30.0 Å². The third kappa shape index (κ3) is 4.70. The highest BCUT2D eigenvalue weighted by atomic mass is 35.5. The van der Waals surface area contributed by atoms with E-state index >= 15 is 0 Å². The predicted molar refractivity (Wildman–Crippen MR) is 96.8 cm³/mol. The number of hydrogen-bond acceptors (Lipinski definition) is 8. The van der Waals surface area contributed by atoms with Gasteiger partial charge in [-0.05, 0) is 18.2 Å². The fraction of sp³-hybridized carbons (Fsp3) is 0.267. The van der Waals surface area contributed by atoms with Gasteiger partial charge in [-0.15, -0.1) is 10.2 Å². The van der Waals surface area contributed by atoms with Crippen molar-refractivity contribution in [2.45, 2.75) is 10.1 Å². The fourth-order valence-electron chi connectivity index (χ4n) is 1.86. The first-order valence-corrected chi connectivity index (χ1v) is 9.32. The maximum absolute atomic E-state index is 5.99. The molecule has 0 radical (unpaired) electrons. The summed E-state index contributed by atoms with van der Waals surface area (Å²) in [7, 11) is 1.67. The van der Waals surface area contributed by atoms with Crippen LogP contribution in [-0.4, -0.2) is 35.4 Å². The summed E-state index contributed by atoms with van der Waals surface area (Å²) < 4.78 is 11.4. The van der Waals surface area contributed by atoms with E-state index in [0.29, 0.717) is 29.8 Å². The number of methoxy groups -OCH3 is 1. The summed E-state index contributed by atoms with van der Waals surface area (Å²) in [5.74, 6) is 1.23. The molecular weight excluding hydrogens is 368 g/mol. The van der Waals surface area contributed by atoms with Crippen molar-refractivity contribution >= 4 is 39.8 Å². The quantitative estimate of drug-likeness (QED) is 0.462. The molecule has 0 aliphatic rings. The van der Waals surface area contributed by atoms with Gasteiger partial charge in [0.05, 0.1) is 12.3 Å². The van der Waals surface area contributed by atoms with Gasteiger partial charge in [0.15, 0.2) is 4.34 Å². The Morgan fingerprint density at radius 1 is 1.38 bits per heavy atom. The Morgan fingerprint density at radius 3 is 3.12 bits per heavy atom. The first kappa shape index (κ1) is 17.2. The van der Waals surface area contributed by atoms with Crippen LogP contribution < -0.4 is 5.32 Å². The van der Waals surface area contributed by atoms with Crippen LogP contribution in [-0.2, 0) is 10.5 Å². The van der Waals surface area contributed by atoms with Crippen LogP contribution in [0.25, 0.3) is 11.5 Å². The number of nitrogens with zero attached hydrogens (tertiary/aromatic N) is 3. The molecule has 9 heteroatoms. The van der Waals surface area contributed by atoms with E-state index in [2.05, 4.69) is 20.5 Å². The molecule has 3 rings (SSSR count). The minimum Gasteiger partial charge on any atom is -0.444 e. The maximum atomic E-state index is 5.99. The van der Waals surface area contributed by atoms with Gasteiger partial charge in [-0.1, -0.05) is 40.8 Å². The zero-order chi connectivity index (χ0) is 16.8. The van der Waals surface area contributed by atoms with E-state index in [1.54, 1.807) is 25.1 Å². The number of halogens is 1. The van der Waals surface area contributed by atoms with Crippen LogP contribution in [0.5, 0.6) is 0 Å². The lowest BCUT2D eigenvalue weighted by atomic mass is 10.2. The van der Waals surface area contributed by atoms with Gasteiger partial charge in [-0.3, -0.25) is 0 Å². The number of thioether (sulfide) groups is 1. The minimum atomic E-state index is 0.562. The Morgan fingerprint density at radius 2 is 2.29 bits per heavy atom. The van der Waals surface area contributed by atoms with Crippen molar-refractivity contribution in [1.82, 2.24) is 15.2 Å². The molecule has 0 saturated heterocycles. The van der Waals surface area contributed by atoms with Gasteiger partial charge >= 0.3 is 0 Å². The van der Waals surface area contributed by atoms with Gasteiger partial charge in [-0.2, -0.15) is 0 Å². The second-order valence-electron chi connectivity index (χ2n) is 4.74. The Labute approximate surface area is 152 Å². The molecule has 126 valence electrons. The van der Waals surface area contributed by atoms with Gasteiger partial charge < -0.3 is 14.5 Å². The van der Waals surface area contributed by atoms with Crippen LogP contribution in [0.3, 0.4) is 0 Å². The molecular formula is C15H15ClN4O2S2. The average Bonchev–Trinajstić information content (AvgIpc) is 3.22. The summed E-state index contributed by atoms with van der Waals surface area (Å²) >= 11 is 9.07. The lowest BCUT2D eigenvalue weighted by Crippen LogP contribution is -2.06. The summed E-state index contributed by atoms with van der Waals surface area (Å²) in [6.45, 7) is 1.34. The van der Waals surface area contributed by atoms with Crippen LogP contribution in [0.2, 0.25) is 5.02 Å². The van der Waals surface area contributed by atoms with Gasteiger partial charge in [-0.25, -0.2) is 4.98 Å². The van der Waals surface area contributed by atoms with Crippen molar-refractivity contribution in [3.05, 3.63) is 41.2 Å². The predicted octanol–water partition coefficient (Wildman–Crippen LogP) is 4.20. The number of rotatable bonds is 8. The van der Waals surface area contributed by atoms with Crippen LogP contribution in [0.15, 0.2) is 39.3 Å². The second-order valence-corrected chi connectivity index (χ2v) is 7.37. The van der Waals surface area contributed by atoms with Crippen LogP contribution in [0.1, 0.15) is 5.69 Å². The topological polar surface area (TPSA) is 73.1 Å². The summed E-state index contributed by atoms with van der Waals surface area (Å²) in [5.41, 5.74) is 1.71. The lowest BCUT2D eigenvalue weighted by Gasteiger charge is -1.98. The molecule has 0 bridgehead atoms. The molecule has 0 fully saturated rings. The zero-order valence-corrected chi connectivity index (χ0v) is 15.2. The number of hydrogen-bond donors (Lipinski definition) is 1. The molecule has 1 N–H and O–H groups in total. The lowest BCUT2D eigenvalue weighted by molar-refractivity contribution is 0.211. The van der Waals surface area contributed by atoms with E-state index in [9.17, 15) is 0 Å². The maximum Gasteiger partial charge on any atom is 0.226 e. The molecule has 6 nitrogen and oxygen atoms in total. The Kier molecular flexibility index (Phi) is 6.08. The van der Waals surface area contributed by atoms with Crippen LogP contribution >= 0.6 is 34.7 Å². The van der Waals surface area contributed by atoms with E-state index in [4.69, 9.17) is 20.8 Å². The molecule has 24 heavy (non-hydrogen) atoms. The minimum absolute atomic E-state index is 0.562. The third-order valence-electron chi connectivity index (χ3n) is 2.96. The molecule has 0 aliphatic heterocycles. The first-order valence-electron chi connectivity index (χ1n) is 7.14. The smallest absolute Gasteiger partial charge is 0.226 e. The molecule has 0 atom stereocenters. The molecule has 0 aliphatic carbocycles. The Balaban J connectivity index is 1.56. The number of oxazole rings is 1. The zero-order valence-electron chi connectivity index (χ0n) is 12.9. The average molecular weight is 383 g/mol. The molecule has 0 amide bonds. The first-order chi connectivity index (χ1) is 11.7. The van der Waals surface area contributed by atoms with Crippen molar-refractivity contribution in [2.75, 3.05) is 25.6 Å². The molecule has 0 saturated carbocycles. The highest BCUT2D eigenvalue weighted by molar-refractivity contribution is 8.00. The number of benzene rings is 1. The fourth-order valence-corrected chi connectivity index (χ4v) is 3.71. The second kappa shape index (κ2) is 8.48. The number of ether oxygens (including phenoxy) is 1. The summed E-state index contributed by atoms with van der Waals surface area (Å²) in [5, 5.41) is 12.8. The highest BCUT2D eigenvalue weighted by Gasteiger charge is 2.10. The summed E-state index contributed by atoms with van der Waals surface area (Å²) in [6.07, 6.45) is 1.65. The monoisotopic (exact) mass is 382 g/mol. The third-order valence-corrected chi connectivity index (χ3v) is 5.24. The molecule has 2 aromatic heterocycles. The molecule has 0 spiro atoms. The van der Waals surface area contributed by atoms with E-state index < -0.39 is 0 Å². The molecule has 3 aromatic rings. The van der Waals surface area contributed by atoms with Crippen LogP contribution in [0.4, 0.5) is 5.13 Å².